The molecule has 3 N–H and O–H groups in total. The maximum Gasteiger partial charge on any atom is 0.124 e. The molecule has 0 saturated carbocycles. The number of hydrogen-bond acceptors (Lipinski definition) is 2. The van der Waals surface area contributed by atoms with Crippen molar-refractivity contribution in [2.75, 3.05) is 0 Å². The molecule has 0 heterocycles. The highest BCUT2D eigenvalue weighted by molar-refractivity contribution is 6.00. The van der Waals surface area contributed by atoms with E-state index in [9.17, 15) is 0 Å². The van der Waals surface area contributed by atoms with Gasteiger partial charge in [0.25, 0.3) is 0 Å². The molecule has 1 aromatic rings. The molecule has 0 aromatic heterocycles. The van der Waals surface area contributed by atoms with E-state index < -0.39 is 0 Å². The molecule has 0 radical (unpaired) electrons. The van der Waals surface area contributed by atoms with Crippen molar-refractivity contribution in [2.24, 2.45) is 10.7 Å². The normalized spacial score (nSPS) is 10.6. The number of nitrogens with one attached hydrogen (secondary N) is 1. The third-order valence-corrected chi connectivity index (χ3v) is 1.71. The average Bonchev–Trinajstić information content (AvgIpc) is 2.04. The van der Waals surface area contributed by atoms with Crippen LogP contribution in [0.25, 0.3) is 0 Å². The van der Waals surface area contributed by atoms with E-state index in [-0.39, 0.29) is 5.84 Å². The third-order valence-electron chi connectivity index (χ3n) is 1.71. The van der Waals surface area contributed by atoms with E-state index in [0.717, 1.165) is 11.3 Å². The lowest BCUT2D eigenvalue weighted by atomic mass is 10.1. The highest BCUT2D eigenvalue weighted by Crippen LogP contribution is 2.19. The Bertz CT molecular complexity index is 353. The largest absolute Gasteiger partial charge is 0.384 e. The van der Waals surface area contributed by atoms with E-state index in [4.69, 9.17) is 11.1 Å². The van der Waals surface area contributed by atoms with Gasteiger partial charge in [-0.15, -0.1) is 0 Å². The summed E-state index contributed by atoms with van der Waals surface area (Å²) in [5, 5.41) is 7.33. The molecule has 0 aliphatic heterocycles. The molecule has 0 aliphatic rings. The summed E-state index contributed by atoms with van der Waals surface area (Å²) in [6.45, 7) is 3.82. The number of benzene rings is 1. The Hall–Kier alpha value is -1.64. The van der Waals surface area contributed by atoms with Crippen molar-refractivity contribution in [3.63, 3.8) is 0 Å². The minimum absolute atomic E-state index is 0.0561. The van der Waals surface area contributed by atoms with Gasteiger partial charge in [0, 0.05) is 11.8 Å². The second kappa shape index (κ2) is 3.85. The van der Waals surface area contributed by atoms with E-state index >= 15 is 0 Å². The summed E-state index contributed by atoms with van der Waals surface area (Å²) in [4.78, 5) is 4.14. The zero-order valence-electron chi connectivity index (χ0n) is 7.83. The Balaban J connectivity index is 3.26. The van der Waals surface area contributed by atoms with Crippen LogP contribution in [0.4, 0.5) is 5.69 Å². The fourth-order valence-electron chi connectivity index (χ4n) is 1.12. The van der Waals surface area contributed by atoms with Gasteiger partial charge in [-0.25, -0.2) is 0 Å². The molecule has 0 saturated heterocycles. The summed E-state index contributed by atoms with van der Waals surface area (Å²) in [7, 11) is 0. The Labute approximate surface area is 77.8 Å². The van der Waals surface area contributed by atoms with Crippen LogP contribution >= 0.6 is 0 Å². The van der Waals surface area contributed by atoms with Gasteiger partial charge in [-0.1, -0.05) is 6.07 Å². The smallest absolute Gasteiger partial charge is 0.124 e. The second-order valence-corrected chi connectivity index (χ2v) is 2.82. The first kappa shape index (κ1) is 9.45. The molecule has 3 nitrogen and oxygen atoms in total. The number of hydrogen-bond donors (Lipinski definition) is 2. The molecule has 0 unspecified atom stereocenters. The first-order chi connectivity index (χ1) is 6.15. The summed E-state index contributed by atoms with van der Waals surface area (Å²) >= 11 is 0. The van der Waals surface area contributed by atoms with E-state index in [1.807, 2.05) is 32.0 Å². The first-order valence-corrected chi connectivity index (χ1v) is 4.09. The van der Waals surface area contributed by atoms with Gasteiger partial charge in [0.1, 0.15) is 5.84 Å². The highest BCUT2D eigenvalue weighted by Gasteiger charge is 2.02. The Morgan fingerprint density at radius 1 is 1.54 bits per heavy atom. The predicted molar refractivity (Wildman–Crippen MR) is 56.0 cm³/mol. The van der Waals surface area contributed by atoms with Crippen LogP contribution in [0.3, 0.4) is 0 Å². The Morgan fingerprint density at radius 2 is 2.23 bits per heavy atom. The number of aryl methyl sites for hydroxylation is 1. The van der Waals surface area contributed by atoms with Crippen LogP contribution in [0.1, 0.15) is 18.1 Å². The zero-order valence-corrected chi connectivity index (χ0v) is 7.83. The minimum atomic E-state index is 0.0561. The predicted octanol–water partition coefficient (Wildman–Crippen LogP) is 2.00. The summed E-state index contributed by atoms with van der Waals surface area (Å²) in [5.41, 5.74) is 7.96. The molecule has 1 rings (SSSR count). The molecule has 0 bridgehead atoms. The van der Waals surface area contributed by atoms with Crippen LogP contribution in [0, 0.1) is 12.3 Å². The molecule has 0 amide bonds. The number of rotatable bonds is 2. The van der Waals surface area contributed by atoms with Crippen LogP contribution in [0.2, 0.25) is 0 Å². The molecule has 13 heavy (non-hydrogen) atoms. The second-order valence-electron chi connectivity index (χ2n) is 2.82. The molecule has 0 aliphatic carbocycles. The number of nitrogens with two attached hydrogens (primary N) is 1. The molecular formula is C10H13N3. The van der Waals surface area contributed by atoms with Crippen molar-refractivity contribution in [3.8, 4) is 0 Å². The fourth-order valence-corrected chi connectivity index (χ4v) is 1.12. The van der Waals surface area contributed by atoms with Crippen LogP contribution in [0.15, 0.2) is 23.2 Å². The van der Waals surface area contributed by atoms with Gasteiger partial charge in [0.05, 0.1) is 5.69 Å². The van der Waals surface area contributed by atoms with Crippen LogP contribution in [-0.4, -0.2) is 12.1 Å². The molecule has 68 valence electrons. The number of aliphatic imine (C=N–C) groups is 1. The Kier molecular flexibility index (Phi) is 2.80. The number of amidine groups is 1. The lowest BCUT2D eigenvalue weighted by Gasteiger charge is -2.03. The summed E-state index contributed by atoms with van der Waals surface area (Å²) in [6.07, 6.45) is 1.70. The molecule has 1 aromatic carbocycles. The van der Waals surface area contributed by atoms with Crippen molar-refractivity contribution in [1.29, 1.82) is 5.41 Å². The first-order valence-electron chi connectivity index (χ1n) is 4.09. The summed E-state index contributed by atoms with van der Waals surface area (Å²) < 4.78 is 0. The maximum atomic E-state index is 7.33. The molecule has 0 spiro atoms. The summed E-state index contributed by atoms with van der Waals surface area (Å²) in [6, 6.07) is 5.65. The van der Waals surface area contributed by atoms with Gasteiger partial charge in [0.15, 0.2) is 0 Å². The SMILES string of the molecule is C/C=N\c1cc(C)ccc1C(=N)N. The lowest BCUT2D eigenvalue weighted by Crippen LogP contribution is -2.11. The van der Waals surface area contributed by atoms with Crippen molar-refractivity contribution in [3.05, 3.63) is 29.3 Å². The van der Waals surface area contributed by atoms with Gasteiger partial charge in [-0.05, 0) is 31.5 Å². The monoisotopic (exact) mass is 175 g/mol. The van der Waals surface area contributed by atoms with Gasteiger partial charge in [0.2, 0.25) is 0 Å². The highest BCUT2D eigenvalue weighted by atomic mass is 14.8. The van der Waals surface area contributed by atoms with Gasteiger partial charge in [-0.2, -0.15) is 0 Å². The lowest BCUT2D eigenvalue weighted by molar-refractivity contribution is 1.37. The maximum absolute atomic E-state index is 7.33. The number of nitrogens with zero attached hydrogens (tertiary/aromatic N) is 1. The zero-order chi connectivity index (χ0) is 9.84. The van der Waals surface area contributed by atoms with Gasteiger partial charge >= 0.3 is 0 Å². The van der Waals surface area contributed by atoms with E-state index in [0.29, 0.717) is 5.56 Å². The van der Waals surface area contributed by atoms with E-state index in [1.54, 1.807) is 6.21 Å². The Morgan fingerprint density at radius 3 is 2.77 bits per heavy atom. The van der Waals surface area contributed by atoms with Crippen molar-refractivity contribution < 1.29 is 0 Å². The van der Waals surface area contributed by atoms with Crippen LogP contribution < -0.4 is 5.73 Å². The third kappa shape index (κ3) is 2.15. The molecule has 0 atom stereocenters. The molecular weight excluding hydrogens is 162 g/mol. The van der Waals surface area contributed by atoms with Gasteiger partial charge < -0.3 is 5.73 Å². The van der Waals surface area contributed by atoms with Crippen molar-refractivity contribution in [2.45, 2.75) is 13.8 Å². The van der Waals surface area contributed by atoms with E-state index in [1.165, 1.54) is 0 Å². The topological polar surface area (TPSA) is 62.2 Å². The quantitative estimate of drug-likeness (QED) is 0.524. The standard InChI is InChI=1S/C10H13N3/c1-3-13-9-6-7(2)4-5-8(9)10(11)12/h3-6H,1-2H3,(H3,11,12)/b13-3-. The van der Waals surface area contributed by atoms with Crippen molar-refractivity contribution >= 4 is 17.7 Å². The molecule has 0 fully saturated rings. The summed E-state index contributed by atoms with van der Waals surface area (Å²) in [5.74, 6) is 0.0561. The fraction of sp³-hybridized carbons (Fsp3) is 0.200. The van der Waals surface area contributed by atoms with Crippen LogP contribution in [-0.2, 0) is 0 Å². The molecule has 3 heteroatoms. The number of nitrogen functional groups attached to an aromatic ring is 1. The van der Waals surface area contributed by atoms with Crippen LogP contribution in [0.5, 0.6) is 0 Å². The average molecular weight is 175 g/mol. The van der Waals surface area contributed by atoms with E-state index in [2.05, 4.69) is 4.99 Å². The van der Waals surface area contributed by atoms with Gasteiger partial charge in [-0.3, -0.25) is 10.4 Å². The van der Waals surface area contributed by atoms with Crippen molar-refractivity contribution in [1.82, 2.24) is 0 Å². The minimum Gasteiger partial charge on any atom is -0.384 e.